The molecule has 38 heavy (non-hydrogen) atoms. The van der Waals surface area contributed by atoms with Gasteiger partial charge >= 0.3 is 0 Å². The summed E-state index contributed by atoms with van der Waals surface area (Å²) in [7, 11) is 0. The molecule has 1 aliphatic heterocycles. The van der Waals surface area contributed by atoms with E-state index >= 15 is 0 Å². The molecule has 4 aromatic rings. The van der Waals surface area contributed by atoms with Crippen LogP contribution in [0.3, 0.4) is 0 Å². The number of nitrogens with zero attached hydrogens (tertiary/aromatic N) is 2. The Labute approximate surface area is 232 Å². The third-order valence-electron chi connectivity index (χ3n) is 8.12. The average molecular weight is 546 g/mol. The van der Waals surface area contributed by atoms with E-state index in [-0.39, 0.29) is 17.9 Å². The number of amides is 2. The summed E-state index contributed by atoms with van der Waals surface area (Å²) in [6.07, 6.45) is 6.34. The summed E-state index contributed by atoms with van der Waals surface area (Å²) in [4.78, 5) is 32.1. The first kappa shape index (κ1) is 25.2. The van der Waals surface area contributed by atoms with Gasteiger partial charge in [-0.3, -0.25) is 9.59 Å². The van der Waals surface area contributed by atoms with Crippen molar-refractivity contribution in [3.05, 3.63) is 93.5 Å². The van der Waals surface area contributed by atoms with Gasteiger partial charge in [0.05, 0.1) is 16.8 Å². The van der Waals surface area contributed by atoms with E-state index in [1.165, 1.54) is 11.3 Å². The number of aromatic nitrogens is 1. The summed E-state index contributed by atoms with van der Waals surface area (Å²) < 4.78 is 3.17. The minimum Gasteiger partial charge on any atom is -0.351 e. The number of fused-ring (bicyclic) bond motifs is 3. The van der Waals surface area contributed by atoms with E-state index in [1.54, 1.807) is 16.2 Å². The van der Waals surface area contributed by atoms with Crippen molar-refractivity contribution in [3.63, 3.8) is 0 Å². The highest BCUT2D eigenvalue weighted by Gasteiger charge is 2.53. The van der Waals surface area contributed by atoms with Crippen LogP contribution in [0.25, 0.3) is 10.2 Å². The number of carbonyl (C=O) groups is 2. The normalized spacial score (nSPS) is 20.1. The second kappa shape index (κ2) is 10.2. The molecule has 7 heteroatoms. The fourth-order valence-electron chi connectivity index (χ4n) is 6.06. The molecule has 2 aliphatic rings. The van der Waals surface area contributed by atoms with E-state index in [0.29, 0.717) is 23.8 Å². The van der Waals surface area contributed by atoms with Crippen molar-refractivity contribution in [3.8, 4) is 0 Å². The van der Waals surface area contributed by atoms with Crippen LogP contribution in [-0.4, -0.2) is 27.3 Å². The molecule has 2 amide bonds. The number of hydrogen-bond acceptors (Lipinski definition) is 3. The van der Waals surface area contributed by atoms with Crippen LogP contribution in [0.5, 0.6) is 0 Å². The van der Waals surface area contributed by atoms with Crippen LogP contribution in [0.15, 0.2) is 66.7 Å². The smallest absolute Gasteiger partial charge is 0.272 e. The number of rotatable bonds is 6. The third-order valence-corrected chi connectivity index (χ3v) is 9.59. The number of thiophene rings is 1. The molecule has 2 aromatic carbocycles. The molecule has 0 unspecified atom stereocenters. The molecule has 0 bridgehead atoms. The number of aryl methyl sites for hydroxylation is 1. The zero-order valence-electron chi connectivity index (χ0n) is 21.6. The van der Waals surface area contributed by atoms with Gasteiger partial charge in [-0.15, -0.1) is 11.3 Å². The van der Waals surface area contributed by atoms with Crippen LogP contribution in [0.2, 0.25) is 5.02 Å². The van der Waals surface area contributed by atoms with E-state index < -0.39 is 5.54 Å². The Balaban J connectivity index is 1.53. The lowest BCUT2D eigenvalue weighted by molar-refractivity contribution is -0.136. The molecule has 5 nitrogen and oxygen atoms in total. The number of hydrogen-bond donors (Lipinski definition) is 1. The van der Waals surface area contributed by atoms with Crippen LogP contribution < -0.4 is 5.32 Å². The highest BCUT2D eigenvalue weighted by atomic mass is 35.5. The number of benzene rings is 2. The van der Waals surface area contributed by atoms with Crippen LogP contribution in [0.4, 0.5) is 0 Å². The zero-order valence-corrected chi connectivity index (χ0v) is 23.2. The van der Waals surface area contributed by atoms with Crippen molar-refractivity contribution < 1.29 is 9.59 Å². The zero-order chi connectivity index (χ0) is 26.3. The second-order valence-electron chi connectivity index (χ2n) is 10.5. The third kappa shape index (κ3) is 4.34. The fraction of sp³-hybridized carbons (Fsp3) is 0.355. The Kier molecular flexibility index (Phi) is 6.79. The minimum atomic E-state index is -1.19. The summed E-state index contributed by atoms with van der Waals surface area (Å²) in [5.74, 6) is -0.230. The maximum absolute atomic E-state index is 14.6. The number of nitrogens with one attached hydrogen (secondary N) is 1. The van der Waals surface area contributed by atoms with Crippen molar-refractivity contribution in [2.45, 2.75) is 70.1 Å². The quantitative estimate of drug-likeness (QED) is 0.286. The van der Waals surface area contributed by atoms with Crippen LogP contribution in [0, 0.1) is 0 Å². The predicted octanol–water partition coefficient (Wildman–Crippen LogP) is 6.92. The van der Waals surface area contributed by atoms with Gasteiger partial charge in [0.15, 0.2) is 5.54 Å². The molecule has 1 saturated carbocycles. The minimum absolute atomic E-state index is 0.101. The van der Waals surface area contributed by atoms with Crippen molar-refractivity contribution in [2.24, 2.45) is 0 Å². The summed E-state index contributed by atoms with van der Waals surface area (Å²) in [6.45, 7) is 2.82. The Hall–Kier alpha value is -3.09. The molecule has 1 aliphatic carbocycles. The molecule has 196 valence electrons. The lowest BCUT2D eigenvalue weighted by atomic mass is 9.83. The highest BCUT2D eigenvalue weighted by Crippen LogP contribution is 2.42. The van der Waals surface area contributed by atoms with Crippen molar-refractivity contribution in [1.29, 1.82) is 0 Å². The number of carbonyl (C=O) groups excluding carboxylic acids is 2. The molecule has 0 saturated heterocycles. The van der Waals surface area contributed by atoms with Gasteiger partial charge in [0, 0.05) is 22.5 Å². The van der Waals surface area contributed by atoms with Gasteiger partial charge < -0.3 is 14.8 Å². The summed E-state index contributed by atoms with van der Waals surface area (Å²) in [6, 6.07) is 21.7. The van der Waals surface area contributed by atoms with E-state index in [0.717, 1.165) is 53.4 Å². The largest absolute Gasteiger partial charge is 0.351 e. The first-order chi connectivity index (χ1) is 18.5. The van der Waals surface area contributed by atoms with Crippen LogP contribution >= 0.6 is 22.9 Å². The Morgan fingerprint density at radius 2 is 1.79 bits per heavy atom. The lowest BCUT2D eigenvalue weighted by Gasteiger charge is -2.47. The Morgan fingerprint density at radius 3 is 2.50 bits per heavy atom. The second-order valence-corrected chi connectivity index (χ2v) is 12.1. The Bertz CT molecular complexity index is 1470. The molecule has 1 fully saturated rings. The standard InChI is InChI=1S/C31H32ClN3O2S/c1-2-25-17-26-28(38-25)18-27-29(36)35(19-21-13-15-23(32)16-14-21)31(20-34(26)27,22-9-5-3-6-10-22)30(37)33-24-11-7-4-8-12-24/h3,5-6,9-10,13-18,24H,2,4,7-8,11-12,19-20H2,1H3,(H,33,37)/t31-/m0/s1. The van der Waals surface area contributed by atoms with Gasteiger partial charge in [-0.1, -0.05) is 80.3 Å². The predicted molar refractivity (Wildman–Crippen MR) is 154 cm³/mol. The number of halogens is 1. The Morgan fingerprint density at radius 1 is 1.05 bits per heavy atom. The van der Waals surface area contributed by atoms with Crippen molar-refractivity contribution in [1.82, 2.24) is 14.8 Å². The maximum atomic E-state index is 14.6. The maximum Gasteiger partial charge on any atom is 0.272 e. The average Bonchev–Trinajstić information content (AvgIpc) is 3.50. The SMILES string of the molecule is CCc1cc2c(cc3n2C[C@@](C(=O)NC2CCCCC2)(c2ccccc2)N(Cc2ccc(Cl)cc2)C3=O)s1. The summed E-state index contributed by atoms with van der Waals surface area (Å²) >= 11 is 7.90. The molecule has 6 rings (SSSR count). The first-order valence-corrected chi connectivity index (χ1v) is 14.7. The summed E-state index contributed by atoms with van der Waals surface area (Å²) in [5, 5.41) is 4.04. The molecule has 2 aromatic heterocycles. The molecule has 0 radical (unpaired) electrons. The van der Waals surface area contributed by atoms with Gasteiger partial charge in [-0.05, 0) is 54.7 Å². The fourth-order valence-corrected chi connectivity index (χ4v) is 7.23. The van der Waals surface area contributed by atoms with Crippen molar-refractivity contribution >= 4 is 45.0 Å². The van der Waals surface area contributed by atoms with E-state index in [2.05, 4.69) is 22.9 Å². The molecular formula is C31H32ClN3O2S. The molecule has 3 heterocycles. The van der Waals surface area contributed by atoms with Crippen LogP contribution in [-0.2, 0) is 29.8 Å². The van der Waals surface area contributed by atoms with Gasteiger partial charge in [0.25, 0.3) is 11.8 Å². The monoisotopic (exact) mass is 545 g/mol. The van der Waals surface area contributed by atoms with Crippen molar-refractivity contribution in [2.75, 3.05) is 0 Å². The molecule has 1 atom stereocenters. The van der Waals surface area contributed by atoms with Gasteiger partial charge in [-0.25, -0.2) is 0 Å². The van der Waals surface area contributed by atoms with E-state index in [1.807, 2.05) is 60.7 Å². The van der Waals surface area contributed by atoms with Crippen LogP contribution in [0.1, 0.15) is 65.5 Å². The molecular weight excluding hydrogens is 514 g/mol. The highest BCUT2D eigenvalue weighted by molar-refractivity contribution is 7.19. The van der Waals surface area contributed by atoms with Gasteiger partial charge in [-0.2, -0.15) is 0 Å². The first-order valence-electron chi connectivity index (χ1n) is 13.5. The van der Waals surface area contributed by atoms with Gasteiger partial charge in [0.2, 0.25) is 0 Å². The lowest BCUT2D eigenvalue weighted by Crippen LogP contribution is -2.64. The summed E-state index contributed by atoms with van der Waals surface area (Å²) in [5.41, 5.74) is 2.24. The van der Waals surface area contributed by atoms with E-state index in [9.17, 15) is 9.59 Å². The molecule has 1 N–H and O–H groups in total. The van der Waals surface area contributed by atoms with Gasteiger partial charge in [0.1, 0.15) is 5.69 Å². The van der Waals surface area contributed by atoms with E-state index in [4.69, 9.17) is 11.6 Å². The molecule has 0 spiro atoms. The topological polar surface area (TPSA) is 54.3 Å².